The summed E-state index contributed by atoms with van der Waals surface area (Å²) in [4.78, 5) is 39.1. The van der Waals surface area contributed by atoms with Crippen LogP contribution in [0.4, 0.5) is 5.69 Å². The first-order valence-electron chi connectivity index (χ1n) is 9.16. The molecule has 0 saturated carbocycles. The molecule has 138 valence electrons. The number of nitrogens with one attached hydrogen (secondary N) is 2. The van der Waals surface area contributed by atoms with Gasteiger partial charge in [-0.25, -0.2) is 0 Å². The average Bonchev–Trinajstić information content (AvgIpc) is 3.35. The number of amides is 3. The lowest BCUT2D eigenvalue weighted by Gasteiger charge is -2.23. The van der Waals surface area contributed by atoms with Crippen molar-refractivity contribution in [3.8, 4) is 6.07 Å². The SMILES string of the molecule is N#C[C@@H]1C[C@@]2(CN1C(=O)CC(=O)N[C@H]1CCC[Si]1)C(=O)Nc1ccccc12. The van der Waals surface area contributed by atoms with E-state index in [0.717, 1.165) is 30.1 Å². The standard InChI is InChI=1S/C19H20N4O3Si/c20-10-12-9-19(13-4-1-2-5-14(13)21-18(19)26)11-23(12)17(25)8-15(24)22-16-6-3-7-27-16/h1-2,4-5,12,16H,3,6-9,11H2,(H,21,26)(H,22,24)/t12-,16+,19-/m0/s1. The highest BCUT2D eigenvalue weighted by Crippen LogP contribution is 2.46. The molecule has 3 aliphatic rings. The van der Waals surface area contributed by atoms with Crippen molar-refractivity contribution in [3.05, 3.63) is 29.8 Å². The van der Waals surface area contributed by atoms with E-state index in [1.807, 2.05) is 24.3 Å². The van der Waals surface area contributed by atoms with E-state index in [1.54, 1.807) is 0 Å². The number of carbonyl (C=O) groups excluding carboxylic acids is 3. The topological polar surface area (TPSA) is 102 Å². The maximum absolute atomic E-state index is 12.7. The fraction of sp³-hybridized carbons (Fsp3) is 0.474. The van der Waals surface area contributed by atoms with Crippen molar-refractivity contribution in [2.45, 2.75) is 48.8 Å². The molecule has 1 spiro atoms. The normalized spacial score (nSPS) is 28.7. The number of nitriles is 1. The molecule has 1 aromatic carbocycles. The van der Waals surface area contributed by atoms with Gasteiger partial charge in [-0.1, -0.05) is 30.7 Å². The maximum Gasteiger partial charge on any atom is 0.237 e. The fourth-order valence-electron chi connectivity index (χ4n) is 4.31. The molecular weight excluding hydrogens is 360 g/mol. The zero-order chi connectivity index (χ0) is 19.0. The van der Waals surface area contributed by atoms with Crippen molar-refractivity contribution in [1.29, 1.82) is 5.26 Å². The maximum atomic E-state index is 12.7. The van der Waals surface area contributed by atoms with Gasteiger partial charge in [0.2, 0.25) is 17.7 Å². The van der Waals surface area contributed by atoms with Gasteiger partial charge in [0.15, 0.2) is 0 Å². The van der Waals surface area contributed by atoms with E-state index in [9.17, 15) is 19.6 Å². The van der Waals surface area contributed by atoms with Crippen LogP contribution in [0.1, 0.15) is 31.2 Å². The summed E-state index contributed by atoms with van der Waals surface area (Å²) >= 11 is 0. The summed E-state index contributed by atoms with van der Waals surface area (Å²) in [5, 5.41) is 15.3. The number of benzene rings is 1. The number of hydrogen-bond donors (Lipinski definition) is 2. The number of para-hydroxylation sites is 1. The minimum atomic E-state index is -0.907. The summed E-state index contributed by atoms with van der Waals surface area (Å²) in [6, 6.07) is 9.93. The van der Waals surface area contributed by atoms with Gasteiger partial charge in [0.1, 0.15) is 12.5 Å². The zero-order valence-corrected chi connectivity index (χ0v) is 15.8. The van der Waals surface area contributed by atoms with Crippen molar-refractivity contribution in [2.24, 2.45) is 0 Å². The van der Waals surface area contributed by atoms with Gasteiger partial charge in [-0.05, 0) is 18.1 Å². The predicted octanol–water partition coefficient (Wildman–Crippen LogP) is 0.750. The van der Waals surface area contributed by atoms with E-state index >= 15 is 0 Å². The van der Waals surface area contributed by atoms with Gasteiger partial charge in [0, 0.05) is 24.3 Å². The number of fused-ring (bicyclic) bond motifs is 2. The Morgan fingerprint density at radius 1 is 1.41 bits per heavy atom. The Morgan fingerprint density at radius 3 is 2.96 bits per heavy atom. The monoisotopic (exact) mass is 380 g/mol. The van der Waals surface area contributed by atoms with Gasteiger partial charge in [0.25, 0.3) is 0 Å². The van der Waals surface area contributed by atoms with E-state index in [2.05, 4.69) is 16.7 Å². The van der Waals surface area contributed by atoms with Crippen molar-refractivity contribution in [2.75, 3.05) is 11.9 Å². The summed E-state index contributed by atoms with van der Waals surface area (Å²) in [6.07, 6.45) is 2.04. The van der Waals surface area contributed by atoms with Crippen LogP contribution >= 0.6 is 0 Å². The lowest BCUT2D eigenvalue weighted by atomic mass is 9.80. The highest BCUT2D eigenvalue weighted by Gasteiger charge is 2.55. The third kappa shape index (κ3) is 3.02. The Balaban J connectivity index is 1.50. The predicted molar refractivity (Wildman–Crippen MR) is 98.8 cm³/mol. The quantitative estimate of drug-likeness (QED) is 0.597. The van der Waals surface area contributed by atoms with Crippen LogP contribution in [0.15, 0.2) is 24.3 Å². The second-order valence-corrected chi connectivity index (χ2v) is 8.95. The second kappa shape index (κ2) is 6.81. The van der Waals surface area contributed by atoms with E-state index < -0.39 is 17.4 Å². The molecule has 3 amide bonds. The molecule has 0 aromatic heterocycles. The number of anilines is 1. The molecule has 7 nitrogen and oxygen atoms in total. The largest absolute Gasteiger partial charge is 0.356 e. The van der Waals surface area contributed by atoms with Crippen LogP contribution in [0.2, 0.25) is 6.04 Å². The number of nitrogens with zero attached hydrogens (tertiary/aromatic N) is 2. The van der Waals surface area contributed by atoms with Gasteiger partial charge < -0.3 is 15.5 Å². The van der Waals surface area contributed by atoms with Gasteiger partial charge in [-0.15, -0.1) is 0 Å². The molecule has 0 bridgehead atoms. The third-order valence-corrected chi connectivity index (χ3v) is 7.23. The molecule has 2 N–H and O–H groups in total. The number of carbonyl (C=O) groups is 3. The number of likely N-dealkylation sites (tertiary alicyclic amines) is 1. The molecule has 8 heteroatoms. The van der Waals surface area contributed by atoms with Gasteiger partial charge in [0.05, 0.1) is 21.0 Å². The molecule has 4 rings (SSSR count). The first kappa shape index (κ1) is 17.7. The molecule has 0 aliphatic carbocycles. The molecule has 2 radical (unpaired) electrons. The Kier molecular flexibility index (Phi) is 4.48. The van der Waals surface area contributed by atoms with Crippen molar-refractivity contribution in [1.82, 2.24) is 10.2 Å². The second-order valence-electron chi connectivity index (χ2n) is 7.35. The van der Waals surface area contributed by atoms with E-state index in [-0.39, 0.29) is 36.9 Å². The summed E-state index contributed by atoms with van der Waals surface area (Å²) < 4.78 is 0. The summed E-state index contributed by atoms with van der Waals surface area (Å²) in [6.45, 7) is 0.130. The minimum Gasteiger partial charge on any atom is -0.356 e. The molecular formula is C19H20N4O3Si. The summed E-state index contributed by atoms with van der Waals surface area (Å²) in [5.41, 5.74) is 0.820. The third-order valence-electron chi connectivity index (χ3n) is 5.66. The van der Waals surface area contributed by atoms with E-state index in [1.165, 1.54) is 4.90 Å². The summed E-state index contributed by atoms with van der Waals surface area (Å²) in [5.74, 6) is -0.876. The van der Waals surface area contributed by atoms with Crippen LogP contribution in [-0.4, -0.2) is 50.4 Å². The van der Waals surface area contributed by atoms with Gasteiger partial charge in [-0.2, -0.15) is 5.26 Å². The van der Waals surface area contributed by atoms with Crippen molar-refractivity contribution < 1.29 is 14.4 Å². The van der Waals surface area contributed by atoms with Crippen LogP contribution in [0.3, 0.4) is 0 Å². The van der Waals surface area contributed by atoms with Crippen molar-refractivity contribution in [3.63, 3.8) is 0 Å². The lowest BCUT2D eigenvalue weighted by molar-refractivity contribution is -0.136. The van der Waals surface area contributed by atoms with Crippen LogP contribution in [-0.2, 0) is 19.8 Å². The van der Waals surface area contributed by atoms with E-state index in [0.29, 0.717) is 9.52 Å². The molecule has 1 aromatic rings. The molecule has 0 unspecified atom stereocenters. The number of rotatable bonds is 3. The Bertz CT molecular complexity index is 846. The molecule has 2 saturated heterocycles. The molecule has 3 atom stereocenters. The highest BCUT2D eigenvalue weighted by atomic mass is 28.2. The molecule has 2 fully saturated rings. The van der Waals surface area contributed by atoms with Crippen LogP contribution in [0.5, 0.6) is 0 Å². The molecule has 3 aliphatic heterocycles. The first-order valence-corrected chi connectivity index (χ1v) is 10.4. The van der Waals surface area contributed by atoms with Crippen LogP contribution in [0, 0.1) is 11.3 Å². The van der Waals surface area contributed by atoms with Gasteiger partial charge >= 0.3 is 0 Å². The number of hydrogen-bond acceptors (Lipinski definition) is 4. The van der Waals surface area contributed by atoms with E-state index in [4.69, 9.17) is 0 Å². The minimum absolute atomic E-state index is 0.130. The zero-order valence-electron chi connectivity index (χ0n) is 14.8. The van der Waals surface area contributed by atoms with Crippen LogP contribution in [0.25, 0.3) is 0 Å². The first-order chi connectivity index (χ1) is 13.0. The highest BCUT2D eigenvalue weighted by molar-refractivity contribution is 6.39. The Labute approximate surface area is 159 Å². The lowest BCUT2D eigenvalue weighted by Crippen LogP contribution is -2.43. The average molecular weight is 380 g/mol. The van der Waals surface area contributed by atoms with Gasteiger partial charge in [-0.3, -0.25) is 14.4 Å². The van der Waals surface area contributed by atoms with Crippen LogP contribution < -0.4 is 10.6 Å². The summed E-state index contributed by atoms with van der Waals surface area (Å²) in [7, 11) is 0.705. The molecule has 27 heavy (non-hydrogen) atoms. The Hall–Kier alpha value is -2.66. The smallest absolute Gasteiger partial charge is 0.237 e. The van der Waals surface area contributed by atoms with Crippen molar-refractivity contribution >= 4 is 32.9 Å². The Morgan fingerprint density at radius 2 is 2.22 bits per heavy atom. The fourth-order valence-corrected chi connectivity index (χ4v) is 5.74. The molecule has 3 heterocycles.